The molecule has 0 amide bonds. The van der Waals surface area contributed by atoms with E-state index >= 15 is 0 Å². The number of carbonyl (C=O) groups is 1. The van der Waals surface area contributed by atoms with Crippen LogP contribution in [0.2, 0.25) is 0 Å². The van der Waals surface area contributed by atoms with Crippen molar-refractivity contribution >= 4 is 21.9 Å². The summed E-state index contributed by atoms with van der Waals surface area (Å²) in [6.45, 7) is 1.15. The molecule has 0 radical (unpaired) electrons. The zero-order valence-corrected chi connectivity index (χ0v) is 5.90. The lowest BCUT2D eigenvalue weighted by atomic mass is 10.3. The van der Waals surface area contributed by atoms with Crippen molar-refractivity contribution in [1.82, 2.24) is 0 Å². The summed E-state index contributed by atoms with van der Waals surface area (Å²) < 4.78 is 10.4. The van der Waals surface area contributed by atoms with Gasteiger partial charge in [-0.15, -0.1) is 0 Å². The molecule has 0 aliphatic rings. The van der Waals surface area contributed by atoms with E-state index in [0.717, 1.165) is 6.92 Å². The van der Waals surface area contributed by atoms with Gasteiger partial charge in [0.1, 0.15) is 0 Å². The summed E-state index contributed by atoms with van der Waals surface area (Å²) in [4.78, 5) is 9.74. The molecule has 4 heteroatoms. The fraction of sp³-hybridized carbons (Fsp3) is 0.750. The quantitative estimate of drug-likeness (QED) is 0.662. The number of rotatable bonds is 2. The standard InChI is InChI=1S/C4H6BrFO2/c1-4(5,6)2-3(7)8/h2H2,1H3,(H,7,8). The Balaban J connectivity index is 3.55. The summed E-state index contributed by atoms with van der Waals surface area (Å²) in [5, 5.41) is 7.98. The van der Waals surface area contributed by atoms with Crippen LogP contribution >= 0.6 is 15.9 Å². The average Bonchev–Trinajstić information content (AvgIpc) is 1.21. The van der Waals surface area contributed by atoms with Crippen molar-refractivity contribution in [3.05, 3.63) is 0 Å². The molecule has 0 aliphatic heterocycles. The molecule has 0 bridgehead atoms. The van der Waals surface area contributed by atoms with E-state index in [0.29, 0.717) is 0 Å². The number of carboxylic acids is 1. The van der Waals surface area contributed by atoms with Gasteiger partial charge in [0, 0.05) is 0 Å². The van der Waals surface area contributed by atoms with Crippen molar-refractivity contribution in [2.75, 3.05) is 0 Å². The highest BCUT2D eigenvalue weighted by Crippen LogP contribution is 2.22. The van der Waals surface area contributed by atoms with Gasteiger partial charge in [-0.25, -0.2) is 4.39 Å². The first-order valence-electron chi connectivity index (χ1n) is 2.01. The molecule has 0 saturated carbocycles. The lowest BCUT2D eigenvalue weighted by Gasteiger charge is -2.05. The molecule has 1 unspecified atom stereocenters. The van der Waals surface area contributed by atoms with Crippen LogP contribution in [0.25, 0.3) is 0 Å². The van der Waals surface area contributed by atoms with Crippen LogP contribution < -0.4 is 0 Å². The van der Waals surface area contributed by atoms with Gasteiger partial charge in [-0.3, -0.25) is 4.79 Å². The minimum Gasteiger partial charge on any atom is -0.481 e. The third-order valence-electron chi connectivity index (χ3n) is 0.462. The molecule has 0 aliphatic carbocycles. The molecule has 0 fully saturated rings. The van der Waals surface area contributed by atoms with Crippen LogP contribution in [0.1, 0.15) is 13.3 Å². The van der Waals surface area contributed by atoms with E-state index < -0.39 is 17.0 Å². The number of aliphatic carboxylic acids is 1. The van der Waals surface area contributed by atoms with Crippen LogP contribution in [0, 0.1) is 0 Å². The molecule has 0 spiro atoms. The molecule has 0 saturated heterocycles. The highest BCUT2D eigenvalue weighted by molar-refractivity contribution is 9.10. The van der Waals surface area contributed by atoms with E-state index in [2.05, 4.69) is 15.9 Å². The second-order valence-corrected chi connectivity index (χ2v) is 3.29. The molecule has 0 aromatic heterocycles. The number of hydrogen-bond acceptors (Lipinski definition) is 1. The summed E-state index contributed by atoms with van der Waals surface area (Å²) in [6, 6.07) is 0. The Hall–Kier alpha value is -0.120. The Kier molecular flexibility index (Phi) is 2.40. The fourth-order valence-corrected chi connectivity index (χ4v) is 0.505. The van der Waals surface area contributed by atoms with E-state index in [9.17, 15) is 9.18 Å². The zero-order valence-electron chi connectivity index (χ0n) is 4.32. The topological polar surface area (TPSA) is 37.3 Å². The van der Waals surface area contributed by atoms with Gasteiger partial charge in [-0.05, 0) is 22.9 Å². The monoisotopic (exact) mass is 184 g/mol. The zero-order chi connectivity index (χ0) is 6.78. The van der Waals surface area contributed by atoms with Gasteiger partial charge >= 0.3 is 5.97 Å². The van der Waals surface area contributed by atoms with Crippen LogP contribution in [0.4, 0.5) is 4.39 Å². The summed E-state index contributed by atoms with van der Waals surface area (Å²) in [5.74, 6) is -1.15. The van der Waals surface area contributed by atoms with Crippen molar-refractivity contribution in [3.63, 3.8) is 0 Å². The molecular formula is C4H6BrFO2. The molecule has 0 rings (SSSR count). The smallest absolute Gasteiger partial charge is 0.307 e. The summed E-state index contributed by atoms with van der Waals surface area (Å²) in [6.07, 6.45) is -0.507. The summed E-state index contributed by atoms with van der Waals surface area (Å²) in [5.41, 5.74) is 0. The largest absolute Gasteiger partial charge is 0.481 e. The van der Waals surface area contributed by atoms with Crippen LogP contribution in [-0.4, -0.2) is 15.7 Å². The number of carboxylic acid groups (broad SMARTS) is 1. The van der Waals surface area contributed by atoms with Crippen LogP contribution in [-0.2, 0) is 4.79 Å². The molecular weight excluding hydrogens is 179 g/mol. The maximum Gasteiger partial charge on any atom is 0.307 e. The molecule has 8 heavy (non-hydrogen) atoms. The molecule has 48 valence electrons. The number of halogens is 2. The van der Waals surface area contributed by atoms with E-state index in [4.69, 9.17) is 5.11 Å². The Morgan fingerprint density at radius 3 is 2.38 bits per heavy atom. The maximum atomic E-state index is 12.2. The van der Waals surface area contributed by atoms with Gasteiger partial charge in [-0.2, -0.15) is 0 Å². The Labute approximate surface area is 54.8 Å². The van der Waals surface area contributed by atoms with Crippen LogP contribution in [0.3, 0.4) is 0 Å². The van der Waals surface area contributed by atoms with Gasteiger partial charge in [0.2, 0.25) is 0 Å². The van der Waals surface area contributed by atoms with Crippen molar-refractivity contribution in [3.8, 4) is 0 Å². The maximum absolute atomic E-state index is 12.2. The third-order valence-corrected chi connectivity index (χ3v) is 0.742. The second-order valence-electron chi connectivity index (χ2n) is 1.64. The first-order chi connectivity index (χ1) is 3.42. The van der Waals surface area contributed by atoms with Crippen LogP contribution in [0.15, 0.2) is 0 Å². The van der Waals surface area contributed by atoms with Gasteiger partial charge in [0.15, 0.2) is 4.58 Å². The lowest BCUT2D eigenvalue weighted by Crippen LogP contribution is -2.13. The normalized spacial score (nSPS) is 17.4. The summed E-state index contributed by atoms with van der Waals surface area (Å²) >= 11 is 2.53. The molecule has 1 atom stereocenters. The van der Waals surface area contributed by atoms with E-state index in [1.165, 1.54) is 0 Å². The molecule has 0 heterocycles. The first kappa shape index (κ1) is 7.88. The van der Waals surface area contributed by atoms with Gasteiger partial charge in [0.25, 0.3) is 0 Å². The van der Waals surface area contributed by atoms with E-state index in [1.54, 1.807) is 0 Å². The van der Waals surface area contributed by atoms with Crippen LogP contribution in [0.5, 0.6) is 0 Å². The number of hydrogen-bond donors (Lipinski definition) is 1. The molecule has 0 aromatic rings. The minimum atomic E-state index is -1.77. The van der Waals surface area contributed by atoms with Crippen molar-refractivity contribution < 1.29 is 14.3 Å². The lowest BCUT2D eigenvalue weighted by molar-refractivity contribution is -0.138. The predicted molar refractivity (Wildman–Crippen MR) is 30.7 cm³/mol. The second kappa shape index (κ2) is 2.44. The molecule has 0 aromatic carbocycles. The minimum absolute atomic E-state index is 0.507. The predicted octanol–water partition coefficient (Wildman–Crippen LogP) is 1.54. The molecule has 2 nitrogen and oxygen atoms in total. The average molecular weight is 185 g/mol. The first-order valence-corrected chi connectivity index (χ1v) is 2.81. The SMILES string of the molecule is CC(F)(Br)CC(=O)O. The molecule has 1 N–H and O–H groups in total. The van der Waals surface area contributed by atoms with Crippen molar-refractivity contribution in [2.45, 2.75) is 17.9 Å². The highest BCUT2D eigenvalue weighted by atomic mass is 79.9. The Morgan fingerprint density at radius 1 is 2.00 bits per heavy atom. The van der Waals surface area contributed by atoms with E-state index in [-0.39, 0.29) is 0 Å². The third kappa shape index (κ3) is 5.88. The van der Waals surface area contributed by atoms with Crippen molar-refractivity contribution in [1.29, 1.82) is 0 Å². The Morgan fingerprint density at radius 2 is 2.38 bits per heavy atom. The summed E-state index contributed by atoms with van der Waals surface area (Å²) in [7, 11) is 0. The van der Waals surface area contributed by atoms with Gasteiger partial charge in [0.05, 0.1) is 6.42 Å². The van der Waals surface area contributed by atoms with Gasteiger partial charge < -0.3 is 5.11 Å². The van der Waals surface area contributed by atoms with Crippen molar-refractivity contribution in [2.24, 2.45) is 0 Å². The fourth-order valence-electron chi connectivity index (χ4n) is 0.266. The van der Waals surface area contributed by atoms with E-state index in [1.807, 2.05) is 0 Å². The number of alkyl halides is 2. The Bertz CT molecular complexity index is 96.7. The van der Waals surface area contributed by atoms with Gasteiger partial charge in [-0.1, -0.05) is 0 Å². The highest BCUT2D eigenvalue weighted by Gasteiger charge is 2.21.